The lowest BCUT2D eigenvalue weighted by Crippen LogP contribution is -2.41. The zero-order chi connectivity index (χ0) is 11.5. The highest BCUT2D eigenvalue weighted by molar-refractivity contribution is 5.92. The summed E-state index contributed by atoms with van der Waals surface area (Å²) in [7, 11) is 0. The number of halogens is 1. The number of nitrogens with zero attached hydrogens (tertiary/aromatic N) is 2. The van der Waals surface area contributed by atoms with Crippen molar-refractivity contribution in [3.63, 3.8) is 0 Å². The van der Waals surface area contributed by atoms with Gasteiger partial charge < -0.3 is 9.64 Å². The Balaban J connectivity index is 2.19. The van der Waals surface area contributed by atoms with Gasteiger partial charge in [0.05, 0.1) is 13.2 Å². The SMILES string of the molecule is Cc1cnc(C(=O)N2CCOCC2)c(F)c1. The zero-order valence-electron chi connectivity index (χ0n) is 9.07. The van der Waals surface area contributed by atoms with Crippen molar-refractivity contribution in [2.75, 3.05) is 26.3 Å². The smallest absolute Gasteiger partial charge is 0.275 e. The molecule has 86 valence electrons. The van der Waals surface area contributed by atoms with Crippen LogP contribution >= 0.6 is 0 Å². The Kier molecular flexibility index (Phi) is 3.14. The third-order valence-electron chi connectivity index (χ3n) is 2.48. The van der Waals surface area contributed by atoms with Gasteiger partial charge in [-0.2, -0.15) is 0 Å². The first-order chi connectivity index (χ1) is 7.68. The van der Waals surface area contributed by atoms with Crippen LogP contribution in [0, 0.1) is 12.7 Å². The largest absolute Gasteiger partial charge is 0.378 e. The van der Waals surface area contributed by atoms with E-state index in [1.807, 2.05) is 0 Å². The number of aromatic nitrogens is 1. The van der Waals surface area contributed by atoms with E-state index in [0.717, 1.165) is 0 Å². The maximum Gasteiger partial charge on any atom is 0.275 e. The number of rotatable bonds is 1. The van der Waals surface area contributed by atoms with Crippen molar-refractivity contribution in [2.45, 2.75) is 6.92 Å². The average Bonchev–Trinajstić information content (AvgIpc) is 2.29. The van der Waals surface area contributed by atoms with E-state index in [2.05, 4.69) is 4.98 Å². The van der Waals surface area contributed by atoms with Gasteiger partial charge in [0.25, 0.3) is 5.91 Å². The summed E-state index contributed by atoms with van der Waals surface area (Å²) in [5.41, 5.74) is 0.600. The fourth-order valence-corrected chi connectivity index (χ4v) is 1.61. The van der Waals surface area contributed by atoms with Crippen molar-refractivity contribution in [1.29, 1.82) is 0 Å². The monoisotopic (exact) mass is 224 g/mol. The second kappa shape index (κ2) is 4.57. The molecule has 0 N–H and O–H groups in total. The molecule has 2 rings (SSSR count). The molecule has 2 heterocycles. The van der Waals surface area contributed by atoms with Gasteiger partial charge in [-0.05, 0) is 18.6 Å². The van der Waals surface area contributed by atoms with Crippen molar-refractivity contribution < 1.29 is 13.9 Å². The molecule has 1 amide bonds. The van der Waals surface area contributed by atoms with Crippen LogP contribution in [0.2, 0.25) is 0 Å². The quantitative estimate of drug-likeness (QED) is 0.714. The van der Waals surface area contributed by atoms with Crippen LogP contribution in [0.3, 0.4) is 0 Å². The molecule has 0 aromatic carbocycles. The summed E-state index contributed by atoms with van der Waals surface area (Å²) in [6.07, 6.45) is 1.50. The summed E-state index contributed by atoms with van der Waals surface area (Å²) in [5.74, 6) is -0.919. The van der Waals surface area contributed by atoms with Gasteiger partial charge in [0.2, 0.25) is 0 Å². The molecule has 0 bridgehead atoms. The molecule has 0 atom stereocenters. The number of carbonyl (C=O) groups is 1. The Morgan fingerprint density at radius 1 is 1.50 bits per heavy atom. The molecule has 0 aliphatic carbocycles. The Morgan fingerprint density at radius 3 is 2.81 bits per heavy atom. The van der Waals surface area contributed by atoms with Crippen LogP contribution < -0.4 is 0 Å². The van der Waals surface area contributed by atoms with E-state index in [0.29, 0.717) is 31.9 Å². The van der Waals surface area contributed by atoms with Gasteiger partial charge in [-0.1, -0.05) is 0 Å². The van der Waals surface area contributed by atoms with Crippen LogP contribution in [-0.2, 0) is 4.74 Å². The minimum Gasteiger partial charge on any atom is -0.378 e. The number of hydrogen-bond donors (Lipinski definition) is 0. The van der Waals surface area contributed by atoms with Crippen molar-refractivity contribution in [1.82, 2.24) is 9.88 Å². The van der Waals surface area contributed by atoms with Gasteiger partial charge in [-0.25, -0.2) is 9.37 Å². The maximum atomic E-state index is 13.5. The molecular weight excluding hydrogens is 211 g/mol. The van der Waals surface area contributed by atoms with Crippen LogP contribution in [0.5, 0.6) is 0 Å². The van der Waals surface area contributed by atoms with Crippen molar-refractivity contribution >= 4 is 5.91 Å². The van der Waals surface area contributed by atoms with Crippen LogP contribution in [0.15, 0.2) is 12.3 Å². The normalized spacial score (nSPS) is 16.2. The standard InChI is InChI=1S/C11H13FN2O2/c1-8-6-9(12)10(13-7-8)11(15)14-2-4-16-5-3-14/h6-7H,2-5H2,1H3. The molecule has 0 saturated carbocycles. The third kappa shape index (κ3) is 2.19. The third-order valence-corrected chi connectivity index (χ3v) is 2.48. The number of hydrogen-bond acceptors (Lipinski definition) is 3. The lowest BCUT2D eigenvalue weighted by molar-refractivity contribution is 0.0295. The van der Waals surface area contributed by atoms with E-state index in [9.17, 15) is 9.18 Å². The van der Waals surface area contributed by atoms with E-state index in [1.54, 1.807) is 11.8 Å². The number of aryl methyl sites for hydroxylation is 1. The number of ether oxygens (including phenoxy) is 1. The summed E-state index contributed by atoms with van der Waals surface area (Å²) in [5, 5.41) is 0. The van der Waals surface area contributed by atoms with Gasteiger partial charge in [-0.3, -0.25) is 4.79 Å². The Labute approximate surface area is 93.0 Å². The predicted octanol–water partition coefficient (Wildman–Crippen LogP) is 1.00. The number of carbonyl (C=O) groups excluding carboxylic acids is 1. The van der Waals surface area contributed by atoms with Gasteiger partial charge >= 0.3 is 0 Å². The fourth-order valence-electron chi connectivity index (χ4n) is 1.61. The molecule has 1 aromatic heterocycles. The lowest BCUT2D eigenvalue weighted by Gasteiger charge is -2.26. The molecule has 5 heteroatoms. The van der Waals surface area contributed by atoms with Crippen molar-refractivity contribution in [3.8, 4) is 0 Å². The lowest BCUT2D eigenvalue weighted by atomic mass is 10.2. The first-order valence-corrected chi connectivity index (χ1v) is 5.17. The highest BCUT2D eigenvalue weighted by Gasteiger charge is 2.22. The van der Waals surface area contributed by atoms with Gasteiger partial charge in [0.15, 0.2) is 11.5 Å². The van der Waals surface area contributed by atoms with Gasteiger partial charge in [0.1, 0.15) is 0 Å². The van der Waals surface area contributed by atoms with Crippen LogP contribution in [0.4, 0.5) is 4.39 Å². The van der Waals surface area contributed by atoms with Gasteiger partial charge in [0, 0.05) is 19.3 Å². The minimum absolute atomic E-state index is 0.104. The van der Waals surface area contributed by atoms with Crippen molar-refractivity contribution in [3.05, 3.63) is 29.3 Å². The molecule has 1 aliphatic rings. The summed E-state index contributed by atoms with van der Waals surface area (Å²) >= 11 is 0. The first kappa shape index (κ1) is 11.0. The summed E-state index contributed by atoms with van der Waals surface area (Å²) in [6.45, 7) is 3.72. The molecule has 1 aliphatic heterocycles. The minimum atomic E-state index is -0.559. The van der Waals surface area contributed by atoms with Crippen LogP contribution in [0.25, 0.3) is 0 Å². The highest BCUT2D eigenvalue weighted by atomic mass is 19.1. The fraction of sp³-hybridized carbons (Fsp3) is 0.455. The van der Waals surface area contributed by atoms with E-state index in [4.69, 9.17) is 4.74 Å². The number of morpholine rings is 1. The molecule has 4 nitrogen and oxygen atoms in total. The Hall–Kier alpha value is -1.49. The van der Waals surface area contributed by atoms with Gasteiger partial charge in [-0.15, -0.1) is 0 Å². The molecule has 0 unspecified atom stereocenters. The Bertz CT molecular complexity index is 403. The number of pyridine rings is 1. The second-order valence-corrected chi connectivity index (χ2v) is 3.75. The van der Waals surface area contributed by atoms with Crippen LogP contribution in [-0.4, -0.2) is 42.1 Å². The van der Waals surface area contributed by atoms with E-state index in [-0.39, 0.29) is 11.6 Å². The van der Waals surface area contributed by atoms with E-state index < -0.39 is 5.82 Å². The topological polar surface area (TPSA) is 42.4 Å². The predicted molar refractivity (Wildman–Crippen MR) is 55.7 cm³/mol. The number of amides is 1. The molecular formula is C11H13FN2O2. The second-order valence-electron chi connectivity index (χ2n) is 3.75. The maximum absolute atomic E-state index is 13.5. The van der Waals surface area contributed by atoms with E-state index >= 15 is 0 Å². The molecule has 1 aromatic rings. The van der Waals surface area contributed by atoms with Crippen molar-refractivity contribution in [2.24, 2.45) is 0 Å². The molecule has 1 saturated heterocycles. The molecule has 1 fully saturated rings. The molecule has 16 heavy (non-hydrogen) atoms. The Morgan fingerprint density at radius 2 is 2.19 bits per heavy atom. The summed E-state index contributed by atoms with van der Waals surface area (Å²) < 4.78 is 18.6. The molecule has 0 spiro atoms. The first-order valence-electron chi connectivity index (χ1n) is 5.17. The summed E-state index contributed by atoms with van der Waals surface area (Å²) in [4.78, 5) is 17.3. The molecule has 0 radical (unpaired) electrons. The van der Waals surface area contributed by atoms with E-state index in [1.165, 1.54) is 12.3 Å². The van der Waals surface area contributed by atoms with Crippen LogP contribution in [0.1, 0.15) is 16.1 Å². The average molecular weight is 224 g/mol. The summed E-state index contributed by atoms with van der Waals surface area (Å²) in [6, 6.07) is 1.32. The highest BCUT2D eigenvalue weighted by Crippen LogP contribution is 2.10. The zero-order valence-corrected chi connectivity index (χ0v) is 9.07.